The maximum atomic E-state index is 12.9. The predicted octanol–water partition coefficient (Wildman–Crippen LogP) is 5.04. The van der Waals surface area contributed by atoms with E-state index < -0.39 is 23.8 Å². The number of esters is 1. The normalized spacial score (nSPS) is 17.0. The van der Waals surface area contributed by atoms with Gasteiger partial charge in [0.15, 0.2) is 0 Å². The molecular formula is C27H25F3N2O3. The molecule has 8 heteroatoms. The lowest BCUT2D eigenvalue weighted by atomic mass is 10.1. The Labute approximate surface area is 201 Å². The van der Waals surface area contributed by atoms with E-state index in [0.29, 0.717) is 12.1 Å². The molecule has 2 atom stereocenters. The molecule has 2 unspecified atom stereocenters. The maximum Gasteiger partial charge on any atom is 0.491 e. The summed E-state index contributed by atoms with van der Waals surface area (Å²) < 4.78 is 43.2. The van der Waals surface area contributed by atoms with Crippen LogP contribution in [0.15, 0.2) is 72.8 Å². The topological polar surface area (TPSA) is 67.4 Å². The molecule has 35 heavy (non-hydrogen) atoms. The molecule has 0 spiro atoms. The van der Waals surface area contributed by atoms with Gasteiger partial charge in [0.25, 0.3) is 5.91 Å². The van der Waals surface area contributed by atoms with Crippen LogP contribution in [0, 0.1) is 6.92 Å². The number of hydrogen-bond acceptors (Lipinski definition) is 4. The fourth-order valence-corrected chi connectivity index (χ4v) is 3.82. The molecule has 0 bridgehead atoms. The van der Waals surface area contributed by atoms with Crippen LogP contribution in [0.5, 0.6) is 5.75 Å². The van der Waals surface area contributed by atoms with Crippen LogP contribution in [0.25, 0.3) is 0 Å². The largest absolute Gasteiger partial charge is 0.491 e. The number of amides is 1. The van der Waals surface area contributed by atoms with E-state index in [9.17, 15) is 22.8 Å². The Morgan fingerprint density at radius 3 is 2.31 bits per heavy atom. The molecule has 1 aliphatic carbocycles. The van der Waals surface area contributed by atoms with Crippen molar-refractivity contribution in [2.24, 2.45) is 0 Å². The van der Waals surface area contributed by atoms with Crippen LogP contribution in [-0.2, 0) is 17.9 Å². The Morgan fingerprint density at radius 1 is 0.943 bits per heavy atom. The Morgan fingerprint density at radius 2 is 1.63 bits per heavy atom. The molecular weight excluding hydrogens is 457 g/mol. The summed E-state index contributed by atoms with van der Waals surface area (Å²) in [4.78, 5) is 24.3. The number of ether oxygens (including phenoxy) is 1. The molecule has 0 heterocycles. The predicted molar refractivity (Wildman–Crippen MR) is 125 cm³/mol. The molecule has 1 aliphatic rings. The van der Waals surface area contributed by atoms with Crippen molar-refractivity contribution in [3.05, 3.63) is 101 Å². The van der Waals surface area contributed by atoms with Gasteiger partial charge in [0.1, 0.15) is 5.75 Å². The van der Waals surface area contributed by atoms with Gasteiger partial charge in [-0.15, -0.1) is 0 Å². The number of rotatable bonds is 8. The van der Waals surface area contributed by atoms with Crippen LogP contribution >= 0.6 is 0 Å². The quantitative estimate of drug-likeness (QED) is 0.349. The highest BCUT2D eigenvalue weighted by molar-refractivity contribution is 5.98. The second-order valence-electron chi connectivity index (χ2n) is 8.63. The third-order valence-electron chi connectivity index (χ3n) is 5.89. The number of alkyl halides is 3. The average Bonchev–Trinajstić information content (AvgIpc) is 3.62. The summed E-state index contributed by atoms with van der Waals surface area (Å²) in [6, 6.07) is 21.8. The number of carbonyl (C=O) groups is 2. The Hall–Kier alpha value is -3.65. The number of benzene rings is 3. The van der Waals surface area contributed by atoms with Crippen molar-refractivity contribution >= 4 is 11.9 Å². The Balaban J connectivity index is 1.46. The fourth-order valence-electron chi connectivity index (χ4n) is 3.82. The number of nitrogens with one attached hydrogen (secondary N) is 2. The minimum atomic E-state index is -5.18. The summed E-state index contributed by atoms with van der Waals surface area (Å²) in [5.41, 5.74) is 3.70. The first-order valence-corrected chi connectivity index (χ1v) is 11.2. The minimum absolute atomic E-state index is 0.0465. The fraction of sp³-hybridized carbons (Fsp3) is 0.259. The van der Waals surface area contributed by atoms with E-state index in [-0.39, 0.29) is 24.1 Å². The van der Waals surface area contributed by atoms with Crippen LogP contribution in [-0.4, -0.2) is 24.1 Å². The zero-order valence-electron chi connectivity index (χ0n) is 19.1. The van der Waals surface area contributed by atoms with Crippen molar-refractivity contribution in [3.8, 4) is 5.75 Å². The van der Waals surface area contributed by atoms with E-state index in [0.717, 1.165) is 17.5 Å². The second kappa shape index (κ2) is 10.3. The van der Waals surface area contributed by atoms with Gasteiger partial charge in [-0.25, -0.2) is 4.79 Å². The SMILES string of the molecule is Cc1ccc(CNC2CC2c2ccc(C(=O)NCc3ccccc3)c(OC(=O)C(F)(F)F)c2)cc1. The molecule has 182 valence electrons. The molecule has 3 aromatic carbocycles. The number of hydrogen-bond donors (Lipinski definition) is 2. The number of carbonyl (C=O) groups excluding carboxylic acids is 2. The van der Waals surface area contributed by atoms with Gasteiger partial charge in [0.05, 0.1) is 5.56 Å². The van der Waals surface area contributed by atoms with Gasteiger partial charge in [0, 0.05) is 25.0 Å². The van der Waals surface area contributed by atoms with Gasteiger partial charge in [-0.3, -0.25) is 4.79 Å². The van der Waals surface area contributed by atoms with Crippen molar-refractivity contribution in [2.75, 3.05) is 0 Å². The van der Waals surface area contributed by atoms with E-state index in [1.54, 1.807) is 6.07 Å². The molecule has 0 aromatic heterocycles. The Kier molecular flexibility index (Phi) is 7.21. The lowest BCUT2D eigenvalue weighted by molar-refractivity contribution is -0.189. The van der Waals surface area contributed by atoms with Gasteiger partial charge < -0.3 is 15.4 Å². The van der Waals surface area contributed by atoms with Crippen LogP contribution in [0.3, 0.4) is 0 Å². The zero-order valence-corrected chi connectivity index (χ0v) is 19.1. The number of halogens is 3. The van der Waals surface area contributed by atoms with Crippen LogP contribution < -0.4 is 15.4 Å². The average molecular weight is 483 g/mol. The molecule has 0 aliphatic heterocycles. The Bertz CT molecular complexity index is 1190. The third kappa shape index (κ3) is 6.48. The summed E-state index contributed by atoms with van der Waals surface area (Å²) in [6.45, 7) is 2.86. The molecule has 0 radical (unpaired) electrons. The van der Waals surface area contributed by atoms with Crippen molar-refractivity contribution in [1.29, 1.82) is 0 Å². The summed E-state index contributed by atoms with van der Waals surface area (Å²) in [5, 5.41) is 6.09. The van der Waals surface area contributed by atoms with Crippen molar-refractivity contribution in [1.82, 2.24) is 10.6 Å². The standard InChI is InChI=1S/C27H25F3N2O3/c1-17-7-9-19(10-8-17)15-31-23-14-22(23)20-11-12-21(24(13-20)35-26(34)27(28,29)30)25(33)32-16-18-5-3-2-4-6-18/h2-13,22-23,31H,14-16H2,1H3,(H,32,33). The molecule has 1 amide bonds. The van der Waals surface area contributed by atoms with Crippen molar-refractivity contribution < 1.29 is 27.5 Å². The molecule has 4 rings (SSSR count). The van der Waals surface area contributed by atoms with Crippen LogP contribution in [0.2, 0.25) is 0 Å². The maximum absolute atomic E-state index is 12.9. The van der Waals surface area contributed by atoms with Crippen molar-refractivity contribution in [3.63, 3.8) is 0 Å². The smallest absolute Gasteiger partial charge is 0.419 e. The number of aryl methyl sites for hydroxylation is 1. The molecule has 1 saturated carbocycles. The monoisotopic (exact) mass is 482 g/mol. The van der Waals surface area contributed by atoms with Crippen LogP contribution in [0.1, 0.15) is 45.0 Å². The van der Waals surface area contributed by atoms with E-state index >= 15 is 0 Å². The van der Waals surface area contributed by atoms with Gasteiger partial charge in [-0.2, -0.15) is 13.2 Å². The van der Waals surface area contributed by atoms with Crippen LogP contribution in [0.4, 0.5) is 13.2 Å². The first kappa shape index (κ1) is 24.5. The summed E-state index contributed by atoms with van der Waals surface area (Å²) in [7, 11) is 0. The van der Waals surface area contributed by atoms with Gasteiger partial charge in [-0.05, 0) is 42.2 Å². The molecule has 1 fully saturated rings. The third-order valence-corrected chi connectivity index (χ3v) is 5.89. The molecule has 5 nitrogen and oxygen atoms in total. The summed E-state index contributed by atoms with van der Waals surface area (Å²) >= 11 is 0. The lowest BCUT2D eigenvalue weighted by Gasteiger charge is -2.14. The van der Waals surface area contributed by atoms with E-state index in [1.165, 1.54) is 17.7 Å². The lowest BCUT2D eigenvalue weighted by Crippen LogP contribution is -2.30. The van der Waals surface area contributed by atoms with Gasteiger partial charge in [0.2, 0.25) is 0 Å². The first-order chi connectivity index (χ1) is 16.7. The first-order valence-electron chi connectivity index (χ1n) is 11.2. The second-order valence-corrected chi connectivity index (χ2v) is 8.63. The highest BCUT2D eigenvalue weighted by atomic mass is 19.4. The van der Waals surface area contributed by atoms with Crippen molar-refractivity contribution in [2.45, 2.75) is 44.6 Å². The molecule has 0 saturated heterocycles. The van der Waals surface area contributed by atoms with E-state index in [1.807, 2.05) is 61.5 Å². The van der Waals surface area contributed by atoms with Gasteiger partial charge >= 0.3 is 12.1 Å². The summed E-state index contributed by atoms with van der Waals surface area (Å²) in [5.74, 6) is -3.35. The zero-order chi connectivity index (χ0) is 25.0. The minimum Gasteiger partial charge on any atom is -0.419 e. The highest BCUT2D eigenvalue weighted by Gasteiger charge is 2.43. The molecule has 3 aromatic rings. The highest BCUT2D eigenvalue weighted by Crippen LogP contribution is 2.42. The van der Waals surface area contributed by atoms with E-state index in [4.69, 9.17) is 0 Å². The molecule has 2 N–H and O–H groups in total. The van der Waals surface area contributed by atoms with Gasteiger partial charge in [-0.1, -0.05) is 66.2 Å². The summed E-state index contributed by atoms with van der Waals surface area (Å²) in [6.07, 6.45) is -4.39. The van der Waals surface area contributed by atoms with E-state index in [2.05, 4.69) is 15.4 Å².